The Balaban J connectivity index is 1.59. The van der Waals surface area contributed by atoms with E-state index >= 15 is 0 Å². The van der Waals surface area contributed by atoms with Gasteiger partial charge in [0.25, 0.3) is 0 Å². The molecule has 106 valence electrons. The first-order chi connectivity index (χ1) is 9.72. The molecular weight excluding hydrogens is 281 g/mol. The highest BCUT2D eigenvalue weighted by molar-refractivity contribution is 6.30. The summed E-state index contributed by atoms with van der Waals surface area (Å²) in [6, 6.07) is 6.95. The molecule has 1 N–H and O–H groups in total. The van der Waals surface area contributed by atoms with E-state index in [-0.39, 0.29) is 11.6 Å². The smallest absolute Gasteiger partial charge is 0.146 e. The summed E-state index contributed by atoms with van der Waals surface area (Å²) in [5.74, 6) is 0.706. The molecule has 0 spiro atoms. The Morgan fingerprint density at radius 3 is 2.95 bits per heavy atom. The van der Waals surface area contributed by atoms with Crippen molar-refractivity contribution in [3.63, 3.8) is 0 Å². The molecule has 1 aliphatic rings. The molecule has 0 saturated heterocycles. The minimum Gasteiger partial charge on any atom is -0.486 e. The van der Waals surface area contributed by atoms with E-state index < -0.39 is 5.82 Å². The molecule has 0 atom stereocenters. The summed E-state index contributed by atoms with van der Waals surface area (Å²) in [6.07, 6.45) is 4.13. The van der Waals surface area contributed by atoms with Crippen LogP contribution in [0.5, 0.6) is 5.75 Å². The Morgan fingerprint density at radius 2 is 2.20 bits per heavy atom. The molecule has 3 rings (SSSR count). The van der Waals surface area contributed by atoms with Gasteiger partial charge >= 0.3 is 0 Å². The molecule has 1 aromatic heterocycles. The first-order valence-electron chi connectivity index (χ1n) is 6.59. The van der Waals surface area contributed by atoms with E-state index in [0.717, 1.165) is 17.9 Å². The highest BCUT2D eigenvalue weighted by Gasteiger charge is 2.21. The molecule has 1 saturated carbocycles. The molecule has 0 radical (unpaired) electrons. The highest BCUT2D eigenvalue weighted by Crippen LogP contribution is 2.23. The zero-order chi connectivity index (χ0) is 13.9. The lowest BCUT2D eigenvalue weighted by atomic mass is 10.2. The van der Waals surface area contributed by atoms with Crippen molar-refractivity contribution < 1.29 is 13.5 Å². The van der Waals surface area contributed by atoms with Crippen molar-refractivity contribution in [1.29, 1.82) is 0 Å². The quantitative estimate of drug-likeness (QED) is 0.877. The Hall–Kier alpha value is -1.52. The van der Waals surface area contributed by atoms with E-state index in [1.165, 1.54) is 25.0 Å². The second kappa shape index (κ2) is 5.85. The molecule has 0 aliphatic heterocycles. The predicted octanol–water partition coefficient (Wildman–Crippen LogP) is 3.90. The van der Waals surface area contributed by atoms with E-state index in [1.54, 1.807) is 12.3 Å². The molecule has 0 amide bonds. The Bertz CT molecular complexity index is 595. The third-order valence-corrected chi connectivity index (χ3v) is 3.56. The summed E-state index contributed by atoms with van der Waals surface area (Å²) in [5, 5.41) is 3.51. The second-order valence-corrected chi connectivity index (χ2v) is 5.30. The average Bonchev–Trinajstić information content (AvgIpc) is 3.16. The number of furan rings is 1. The van der Waals surface area contributed by atoms with Crippen LogP contribution in [-0.4, -0.2) is 6.04 Å². The Kier molecular flexibility index (Phi) is 3.94. The van der Waals surface area contributed by atoms with Crippen molar-refractivity contribution in [2.45, 2.75) is 32.0 Å². The monoisotopic (exact) mass is 295 g/mol. The van der Waals surface area contributed by atoms with E-state index in [4.69, 9.17) is 20.8 Å². The van der Waals surface area contributed by atoms with Gasteiger partial charge in [-0.05, 0) is 31.0 Å². The van der Waals surface area contributed by atoms with Crippen molar-refractivity contribution in [1.82, 2.24) is 5.32 Å². The van der Waals surface area contributed by atoms with E-state index in [0.29, 0.717) is 11.8 Å². The fourth-order valence-electron chi connectivity index (χ4n) is 1.91. The van der Waals surface area contributed by atoms with Crippen LogP contribution in [0.4, 0.5) is 4.39 Å². The molecular formula is C15H15ClFNO2. The maximum Gasteiger partial charge on any atom is 0.146 e. The number of benzene rings is 1. The maximum absolute atomic E-state index is 13.3. The zero-order valence-corrected chi connectivity index (χ0v) is 11.6. The van der Waals surface area contributed by atoms with Gasteiger partial charge in [-0.15, -0.1) is 0 Å². The van der Waals surface area contributed by atoms with Gasteiger partial charge in [0.2, 0.25) is 0 Å². The van der Waals surface area contributed by atoms with Gasteiger partial charge in [-0.1, -0.05) is 11.6 Å². The van der Waals surface area contributed by atoms with Gasteiger partial charge in [0.1, 0.15) is 23.9 Å². The molecule has 0 unspecified atom stereocenters. The normalized spacial score (nSPS) is 14.5. The van der Waals surface area contributed by atoms with Crippen molar-refractivity contribution in [3.8, 4) is 5.75 Å². The van der Waals surface area contributed by atoms with Crippen LogP contribution >= 0.6 is 11.6 Å². The predicted molar refractivity (Wildman–Crippen MR) is 74.3 cm³/mol. The largest absolute Gasteiger partial charge is 0.486 e. The number of ether oxygens (including phenoxy) is 1. The van der Waals surface area contributed by atoms with Crippen molar-refractivity contribution in [2.75, 3.05) is 0 Å². The maximum atomic E-state index is 13.3. The van der Waals surface area contributed by atoms with Crippen molar-refractivity contribution in [3.05, 3.63) is 52.7 Å². The Morgan fingerprint density at radius 1 is 1.35 bits per heavy atom. The van der Waals surface area contributed by atoms with Crippen LogP contribution in [0.3, 0.4) is 0 Å². The van der Waals surface area contributed by atoms with Crippen molar-refractivity contribution >= 4 is 11.6 Å². The molecule has 0 bridgehead atoms. The molecule has 20 heavy (non-hydrogen) atoms. The minimum atomic E-state index is -0.487. The third-order valence-electron chi connectivity index (χ3n) is 3.26. The SMILES string of the molecule is Fc1cc(OCc2occc2CNC2CC2)ccc1Cl. The van der Waals surface area contributed by atoms with Gasteiger partial charge in [0.05, 0.1) is 11.3 Å². The summed E-state index contributed by atoms with van der Waals surface area (Å²) in [7, 11) is 0. The van der Waals surface area contributed by atoms with Gasteiger partial charge in [-0.25, -0.2) is 4.39 Å². The van der Waals surface area contributed by atoms with E-state index in [1.807, 2.05) is 6.07 Å². The lowest BCUT2D eigenvalue weighted by Gasteiger charge is -2.07. The molecule has 1 heterocycles. The first-order valence-corrected chi connectivity index (χ1v) is 6.96. The van der Waals surface area contributed by atoms with Crippen LogP contribution in [0.15, 0.2) is 34.9 Å². The fraction of sp³-hybridized carbons (Fsp3) is 0.333. The van der Waals surface area contributed by atoms with Gasteiger partial charge in [-0.3, -0.25) is 0 Å². The van der Waals surface area contributed by atoms with Gasteiger partial charge in [0, 0.05) is 24.2 Å². The summed E-state index contributed by atoms with van der Waals surface area (Å²) in [5.41, 5.74) is 1.08. The second-order valence-electron chi connectivity index (χ2n) is 4.89. The highest BCUT2D eigenvalue weighted by atomic mass is 35.5. The van der Waals surface area contributed by atoms with Crippen LogP contribution in [0, 0.1) is 5.82 Å². The van der Waals surface area contributed by atoms with Crippen LogP contribution in [0.1, 0.15) is 24.2 Å². The fourth-order valence-corrected chi connectivity index (χ4v) is 2.03. The molecule has 2 aromatic rings. The molecule has 1 aromatic carbocycles. The van der Waals surface area contributed by atoms with Crippen molar-refractivity contribution in [2.24, 2.45) is 0 Å². The topological polar surface area (TPSA) is 34.4 Å². The van der Waals surface area contributed by atoms with Crippen LogP contribution in [0.2, 0.25) is 5.02 Å². The van der Waals surface area contributed by atoms with Crippen LogP contribution in [0.25, 0.3) is 0 Å². The number of hydrogen-bond acceptors (Lipinski definition) is 3. The summed E-state index contributed by atoms with van der Waals surface area (Å²) < 4.78 is 24.2. The van der Waals surface area contributed by atoms with Gasteiger partial charge in [0.15, 0.2) is 0 Å². The van der Waals surface area contributed by atoms with E-state index in [2.05, 4.69) is 5.32 Å². The lowest BCUT2D eigenvalue weighted by molar-refractivity contribution is 0.267. The number of halogens is 2. The average molecular weight is 296 g/mol. The van der Waals surface area contributed by atoms with E-state index in [9.17, 15) is 4.39 Å². The summed E-state index contributed by atoms with van der Waals surface area (Å²) in [6.45, 7) is 1.05. The Labute approximate surface area is 121 Å². The zero-order valence-electron chi connectivity index (χ0n) is 10.9. The number of nitrogens with one attached hydrogen (secondary N) is 1. The molecule has 5 heteroatoms. The molecule has 1 fully saturated rings. The minimum absolute atomic E-state index is 0.0877. The molecule has 3 nitrogen and oxygen atoms in total. The van der Waals surface area contributed by atoms with Gasteiger partial charge in [-0.2, -0.15) is 0 Å². The standard InChI is InChI=1S/C15H15ClFNO2/c16-13-4-3-12(7-14(13)17)20-9-15-10(5-6-19-15)8-18-11-1-2-11/h3-7,11,18H,1-2,8-9H2. The van der Waals surface area contributed by atoms with Crippen LogP contribution < -0.4 is 10.1 Å². The number of hydrogen-bond donors (Lipinski definition) is 1. The summed E-state index contributed by atoms with van der Waals surface area (Å²) in [4.78, 5) is 0. The lowest BCUT2D eigenvalue weighted by Crippen LogP contribution is -2.16. The van der Waals surface area contributed by atoms with Crippen LogP contribution in [-0.2, 0) is 13.2 Å². The number of rotatable bonds is 6. The molecule has 1 aliphatic carbocycles. The third kappa shape index (κ3) is 3.32. The summed E-state index contributed by atoms with van der Waals surface area (Å²) >= 11 is 5.63. The first kappa shape index (κ1) is 13.5. The van der Waals surface area contributed by atoms with Gasteiger partial charge < -0.3 is 14.5 Å².